The van der Waals surface area contributed by atoms with Gasteiger partial charge in [0.1, 0.15) is 6.29 Å². The molecule has 0 spiro atoms. The molecule has 1 aliphatic carbocycles. The lowest BCUT2D eigenvalue weighted by atomic mass is 9.82. The number of rotatable bonds is 2. The lowest BCUT2D eigenvalue weighted by Crippen LogP contribution is -2.12. The summed E-state index contributed by atoms with van der Waals surface area (Å²) in [5.41, 5.74) is 0. The monoisotopic (exact) mass is 231 g/mol. The molecule has 0 unspecified atom stereocenters. The van der Waals surface area contributed by atoms with Gasteiger partial charge in [0, 0.05) is 13.0 Å². The second-order valence-electron chi connectivity index (χ2n) is 4.34. The van der Waals surface area contributed by atoms with Crippen LogP contribution in [0.2, 0.25) is 0 Å². The molecule has 3 nitrogen and oxygen atoms in total. The fraction of sp³-hybridized carbons (Fsp3) is 0.923. The van der Waals surface area contributed by atoms with Crippen LogP contribution in [0.3, 0.4) is 0 Å². The van der Waals surface area contributed by atoms with Crippen LogP contribution < -0.4 is 5.32 Å². The summed E-state index contributed by atoms with van der Waals surface area (Å²) >= 11 is 0. The molecular formula is C13H29NO2. The van der Waals surface area contributed by atoms with Crippen molar-refractivity contribution in [3.63, 3.8) is 0 Å². The minimum absolute atomic E-state index is 0.250. The molecule has 0 bridgehead atoms. The molecule has 0 saturated heterocycles. The quantitative estimate of drug-likeness (QED) is 0.717. The van der Waals surface area contributed by atoms with E-state index in [0.717, 1.165) is 18.6 Å². The van der Waals surface area contributed by atoms with Crippen molar-refractivity contribution < 1.29 is 9.90 Å². The van der Waals surface area contributed by atoms with Gasteiger partial charge in [0.25, 0.3) is 0 Å². The van der Waals surface area contributed by atoms with Crippen LogP contribution in [0.15, 0.2) is 0 Å². The van der Waals surface area contributed by atoms with Gasteiger partial charge in [-0.05, 0) is 45.7 Å². The van der Waals surface area contributed by atoms with E-state index < -0.39 is 0 Å². The SMILES string of the molecule is CC1CCC(CC=O)CC1.CCO.CNC. The van der Waals surface area contributed by atoms with Crippen LogP contribution in [0.1, 0.15) is 46.0 Å². The standard InChI is InChI=1S/C9H16O.C2H7N.C2H6O/c1-8-2-4-9(5-3-8)6-7-10;1-3-2;1-2-3/h7-9H,2-6H2,1H3;3H,1-2H3;3H,2H2,1H3. The van der Waals surface area contributed by atoms with Gasteiger partial charge in [0.05, 0.1) is 0 Å². The molecule has 0 aliphatic heterocycles. The third-order valence-corrected chi connectivity index (χ3v) is 2.56. The maximum atomic E-state index is 10.2. The van der Waals surface area contributed by atoms with Crippen LogP contribution in [0.5, 0.6) is 0 Å². The molecule has 0 amide bonds. The van der Waals surface area contributed by atoms with Crippen LogP contribution in [0, 0.1) is 11.8 Å². The highest BCUT2D eigenvalue weighted by atomic mass is 16.2. The molecule has 3 heteroatoms. The summed E-state index contributed by atoms with van der Waals surface area (Å²) in [5.74, 6) is 1.62. The minimum Gasteiger partial charge on any atom is -0.397 e. The number of carbonyl (C=O) groups excluding carboxylic acids is 1. The van der Waals surface area contributed by atoms with Crippen LogP contribution in [-0.4, -0.2) is 32.1 Å². The topological polar surface area (TPSA) is 49.3 Å². The predicted octanol–water partition coefficient (Wildman–Crippen LogP) is 2.24. The fourth-order valence-electron chi connectivity index (χ4n) is 1.70. The zero-order chi connectivity index (χ0) is 12.8. The van der Waals surface area contributed by atoms with Crippen LogP contribution >= 0.6 is 0 Å². The molecule has 16 heavy (non-hydrogen) atoms. The van der Waals surface area contributed by atoms with E-state index in [1.54, 1.807) is 6.92 Å². The Kier molecular flexibility index (Phi) is 16.4. The Morgan fingerprint density at radius 1 is 1.25 bits per heavy atom. The van der Waals surface area contributed by atoms with Crippen LogP contribution in [0.4, 0.5) is 0 Å². The molecule has 0 heterocycles. The average Bonchev–Trinajstić information content (AvgIpc) is 2.24. The van der Waals surface area contributed by atoms with Gasteiger partial charge in [-0.2, -0.15) is 0 Å². The fourth-order valence-corrected chi connectivity index (χ4v) is 1.70. The molecule has 1 rings (SSSR count). The van der Waals surface area contributed by atoms with Gasteiger partial charge in [-0.15, -0.1) is 0 Å². The first-order chi connectivity index (χ1) is 7.65. The van der Waals surface area contributed by atoms with E-state index in [1.807, 2.05) is 14.1 Å². The maximum Gasteiger partial charge on any atom is 0.120 e. The van der Waals surface area contributed by atoms with Crippen molar-refractivity contribution in [3.8, 4) is 0 Å². The van der Waals surface area contributed by atoms with Crippen molar-refractivity contribution >= 4 is 6.29 Å². The van der Waals surface area contributed by atoms with Gasteiger partial charge in [-0.25, -0.2) is 0 Å². The summed E-state index contributed by atoms with van der Waals surface area (Å²) < 4.78 is 0. The molecule has 0 atom stereocenters. The maximum absolute atomic E-state index is 10.2. The lowest BCUT2D eigenvalue weighted by molar-refractivity contribution is -0.108. The van der Waals surface area contributed by atoms with Crippen molar-refractivity contribution in [3.05, 3.63) is 0 Å². The van der Waals surface area contributed by atoms with Gasteiger partial charge in [-0.3, -0.25) is 0 Å². The predicted molar refractivity (Wildman–Crippen MR) is 69.5 cm³/mol. The molecule has 98 valence electrons. The highest BCUT2D eigenvalue weighted by Crippen LogP contribution is 2.29. The van der Waals surface area contributed by atoms with Gasteiger partial charge >= 0.3 is 0 Å². The molecule has 0 radical (unpaired) electrons. The smallest absolute Gasteiger partial charge is 0.120 e. The molecule has 0 aromatic heterocycles. The number of aliphatic hydroxyl groups excluding tert-OH is 1. The first-order valence-corrected chi connectivity index (χ1v) is 6.29. The number of aldehydes is 1. The van der Waals surface area contributed by atoms with Crippen molar-refractivity contribution in [1.29, 1.82) is 0 Å². The third-order valence-electron chi connectivity index (χ3n) is 2.56. The lowest BCUT2D eigenvalue weighted by Gasteiger charge is -2.24. The first kappa shape index (κ1) is 18.0. The first-order valence-electron chi connectivity index (χ1n) is 6.29. The Morgan fingerprint density at radius 3 is 1.94 bits per heavy atom. The van der Waals surface area contributed by atoms with Crippen molar-refractivity contribution in [2.45, 2.75) is 46.0 Å². The Bertz CT molecular complexity index is 130. The Labute approximate surface area is 101 Å². The highest BCUT2D eigenvalue weighted by molar-refractivity contribution is 5.49. The van der Waals surface area contributed by atoms with Gasteiger partial charge < -0.3 is 15.2 Å². The normalized spacial score (nSPS) is 23.3. The van der Waals surface area contributed by atoms with Gasteiger partial charge in [0.2, 0.25) is 0 Å². The Morgan fingerprint density at radius 2 is 1.62 bits per heavy atom. The summed E-state index contributed by atoms with van der Waals surface area (Å²) in [6, 6.07) is 0. The van der Waals surface area contributed by atoms with E-state index in [4.69, 9.17) is 5.11 Å². The Balaban J connectivity index is 0. The van der Waals surface area contributed by atoms with Crippen molar-refractivity contribution in [1.82, 2.24) is 5.32 Å². The van der Waals surface area contributed by atoms with Gasteiger partial charge in [-0.1, -0.05) is 19.8 Å². The second-order valence-corrected chi connectivity index (χ2v) is 4.34. The van der Waals surface area contributed by atoms with E-state index in [2.05, 4.69) is 12.2 Å². The van der Waals surface area contributed by atoms with Gasteiger partial charge in [0.15, 0.2) is 0 Å². The zero-order valence-electron chi connectivity index (χ0n) is 11.3. The zero-order valence-corrected chi connectivity index (χ0v) is 11.3. The van der Waals surface area contributed by atoms with Crippen molar-refractivity contribution in [2.24, 2.45) is 11.8 Å². The van der Waals surface area contributed by atoms with E-state index in [0.29, 0.717) is 5.92 Å². The van der Waals surface area contributed by atoms with E-state index in [1.165, 1.54) is 25.7 Å². The number of carbonyl (C=O) groups is 1. The molecular weight excluding hydrogens is 202 g/mol. The summed E-state index contributed by atoms with van der Waals surface area (Å²) in [7, 11) is 3.75. The molecule has 1 aliphatic rings. The third kappa shape index (κ3) is 13.6. The van der Waals surface area contributed by atoms with Crippen molar-refractivity contribution in [2.75, 3.05) is 20.7 Å². The molecule has 1 fully saturated rings. The minimum atomic E-state index is 0.250. The number of nitrogens with one attached hydrogen (secondary N) is 1. The number of hydrogen-bond donors (Lipinski definition) is 2. The second kappa shape index (κ2) is 14.6. The molecule has 1 saturated carbocycles. The summed E-state index contributed by atoms with van der Waals surface area (Å²) in [4.78, 5) is 10.2. The summed E-state index contributed by atoms with van der Waals surface area (Å²) in [6.07, 6.45) is 7.09. The van der Waals surface area contributed by atoms with Crippen LogP contribution in [0.25, 0.3) is 0 Å². The number of hydrogen-bond acceptors (Lipinski definition) is 3. The molecule has 0 aromatic rings. The average molecular weight is 231 g/mol. The van der Waals surface area contributed by atoms with E-state index >= 15 is 0 Å². The van der Waals surface area contributed by atoms with E-state index in [9.17, 15) is 4.79 Å². The molecule has 2 N–H and O–H groups in total. The number of aliphatic hydroxyl groups is 1. The highest BCUT2D eigenvalue weighted by Gasteiger charge is 2.16. The van der Waals surface area contributed by atoms with E-state index in [-0.39, 0.29) is 6.61 Å². The summed E-state index contributed by atoms with van der Waals surface area (Å²) in [6.45, 7) is 4.23. The molecule has 0 aromatic carbocycles. The van der Waals surface area contributed by atoms with Crippen LogP contribution in [-0.2, 0) is 4.79 Å². The summed E-state index contributed by atoms with van der Waals surface area (Å²) in [5, 5.41) is 10.3. The largest absolute Gasteiger partial charge is 0.397 e. The Hall–Kier alpha value is -0.410.